The van der Waals surface area contributed by atoms with E-state index in [0.717, 1.165) is 20.2 Å². The van der Waals surface area contributed by atoms with E-state index in [2.05, 4.69) is 10.3 Å². The molecule has 0 radical (unpaired) electrons. The average molecular weight is 369 g/mol. The van der Waals surface area contributed by atoms with E-state index >= 15 is 0 Å². The summed E-state index contributed by atoms with van der Waals surface area (Å²) in [5.74, 6) is -0.268. The van der Waals surface area contributed by atoms with Gasteiger partial charge in [-0.2, -0.15) is 0 Å². The van der Waals surface area contributed by atoms with Gasteiger partial charge >= 0.3 is 0 Å². The number of aromatic nitrogens is 1. The first-order chi connectivity index (χ1) is 12.1. The Morgan fingerprint density at radius 1 is 1.24 bits per heavy atom. The second kappa shape index (κ2) is 6.50. The molecule has 3 aromatic rings. The molecule has 4 rings (SSSR count). The lowest BCUT2D eigenvalue weighted by molar-refractivity contribution is -0.121. The molecule has 0 bridgehead atoms. The van der Waals surface area contributed by atoms with Crippen LogP contribution in [0.1, 0.15) is 6.92 Å². The zero-order chi connectivity index (χ0) is 17.4. The maximum atomic E-state index is 12.9. The van der Waals surface area contributed by atoms with Crippen LogP contribution in [0.4, 0.5) is 11.4 Å². The molecule has 0 fully saturated rings. The number of thioether (sulfide) groups is 1. The van der Waals surface area contributed by atoms with E-state index in [4.69, 9.17) is 0 Å². The van der Waals surface area contributed by atoms with Crippen LogP contribution in [-0.2, 0) is 9.59 Å². The van der Waals surface area contributed by atoms with Crippen LogP contribution in [0.3, 0.4) is 0 Å². The van der Waals surface area contributed by atoms with E-state index in [1.54, 1.807) is 22.3 Å². The summed E-state index contributed by atoms with van der Waals surface area (Å²) in [6.45, 7) is 1.90. The van der Waals surface area contributed by atoms with Gasteiger partial charge in [-0.3, -0.25) is 14.5 Å². The molecule has 1 N–H and O–H groups in total. The molecule has 126 valence electrons. The zero-order valence-electron chi connectivity index (χ0n) is 13.4. The number of benzene rings is 2. The summed E-state index contributed by atoms with van der Waals surface area (Å²) in [4.78, 5) is 31.0. The number of nitrogens with one attached hydrogen (secondary N) is 1. The number of fused-ring (bicyclic) bond motifs is 2. The van der Waals surface area contributed by atoms with E-state index in [1.165, 1.54) is 11.8 Å². The van der Waals surface area contributed by atoms with Gasteiger partial charge in [0.05, 0.1) is 26.8 Å². The third-order valence-corrected chi connectivity index (χ3v) is 6.15. The third-order valence-electron chi connectivity index (χ3n) is 3.94. The van der Waals surface area contributed by atoms with Gasteiger partial charge in [-0.1, -0.05) is 36.0 Å². The first-order valence-electron chi connectivity index (χ1n) is 7.84. The molecular weight excluding hydrogens is 354 g/mol. The van der Waals surface area contributed by atoms with Crippen molar-refractivity contribution in [3.05, 3.63) is 48.5 Å². The second-order valence-electron chi connectivity index (χ2n) is 5.70. The predicted molar refractivity (Wildman–Crippen MR) is 102 cm³/mol. The molecule has 0 unspecified atom stereocenters. The minimum Gasteiger partial charge on any atom is -0.323 e. The van der Waals surface area contributed by atoms with Crippen molar-refractivity contribution < 1.29 is 9.59 Å². The minimum absolute atomic E-state index is 0.0423. The van der Waals surface area contributed by atoms with Crippen molar-refractivity contribution in [2.24, 2.45) is 0 Å². The number of nitrogens with zero attached hydrogens (tertiary/aromatic N) is 2. The van der Waals surface area contributed by atoms with Crippen LogP contribution in [0.2, 0.25) is 0 Å². The topological polar surface area (TPSA) is 62.3 Å². The number of anilines is 2. The van der Waals surface area contributed by atoms with Crippen LogP contribution < -0.4 is 10.2 Å². The highest BCUT2D eigenvalue weighted by Crippen LogP contribution is 2.35. The number of carbonyl (C=O) groups excluding carboxylic acids is 2. The van der Waals surface area contributed by atoms with Crippen molar-refractivity contribution in [2.75, 3.05) is 16.8 Å². The smallest absolute Gasteiger partial charge is 0.244 e. The van der Waals surface area contributed by atoms with E-state index in [-0.39, 0.29) is 23.6 Å². The van der Waals surface area contributed by atoms with Crippen LogP contribution in [0, 0.1) is 0 Å². The standard InChI is InChI=1S/C18H15N3O2S2/c1-11(24-18-20-13-7-3-5-9-15(13)25-18)17(23)21-10-16(22)19-12-6-2-4-8-14(12)21/h2-9,11H,10H2,1H3,(H,19,22)/t11-/m0/s1. The fourth-order valence-electron chi connectivity index (χ4n) is 2.75. The van der Waals surface area contributed by atoms with E-state index in [9.17, 15) is 9.59 Å². The third kappa shape index (κ3) is 3.12. The molecule has 2 aromatic carbocycles. The van der Waals surface area contributed by atoms with Crippen molar-refractivity contribution in [3.63, 3.8) is 0 Å². The Labute approximate surface area is 153 Å². The van der Waals surface area contributed by atoms with E-state index < -0.39 is 0 Å². The highest BCUT2D eigenvalue weighted by molar-refractivity contribution is 8.02. The Hall–Kier alpha value is -2.38. The molecule has 0 aliphatic carbocycles. The summed E-state index contributed by atoms with van der Waals surface area (Å²) < 4.78 is 1.96. The normalized spacial score (nSPS) is 14.9. The molecule has 1 atom stereocenters. The maximum absolute atomic E-state index is 12.9. The second-order valence-corrected chi connectivity index (χ2v) is 8.32. The van der Waals surface area contributed by atoms with E-state index in [0.29, 0.717) is 5.69 Å². The minimum atomic E-state index is -0.334. The lowest BCUT2D eigenvalue weighted by atomic mass is 10.2. The Balaban J connectivity index is 1.57. The van der Waals surface area contributed by atoms with Gasteiger partial charge < -0.3 is 5.32 Å². The summed E-state index contributed by atoms with van der Waals surface area (Å²) >= 11 is 3.01. The first kappa shape index (κ1) is 16.1. The molecule has 1 aliphatic rings. The fraction of sp³-hybridized carbons (Fsp3) is 0.167. The van der Waals surface area contributed by atoms with Gasteiger partial charge in [0.1, 0.15) is 6.54 Å². The largest absolute Gasteiger partial charge is 0.323 e. The molecule has 1 aromatic heterocycles. The van der Waals surface area contributed by atoms with Crippen molar-refractivity contribution in [1.29, 1.82) is 0 Å². The summed E-state index contributed by atoms with van der Waals surface area (Å²) in [5, 5.41) is 2.47. The highest BCUT2D eigenvalue weighted by atomic mass is 32.2. The van der Waals surface area contributed by atoms with Crippen molar-refractivity contribution >= 4 is 56.5 Å². The molecule has 7 heteroatoms. The Kier molecular flexibility index (Phi) is 4.19. The summed E-state index contributed by atoms with van der Waals surface area (Å²) in [5.41, 5.74) is 2.35. The SMILES string of the molecule is C[C@H](Sc1nc2ccccc2s1)C(=O)N1CC(=O)Nc2ccccc21. The molecule has 1 aliphatic heterocycles. The Morgan fingerprint density at radius 3 is 2.84 bits per heavy atom. The lowest BCUT2D eigenvalue weighted by Crippen LogP contribution is -2.45. The molecular formula is C18H15N3O2S2. The molecule has 5 nitrogen and oxygen atoms in total. The number of para-hydroxylation sites is 3. The summed E-state index contributed by atoms with van der Waals surface area (Å²) in [7, 11) is 0. The van der Waals surface area contributed by atoms with Crippen molar-refractivity contribution in [2.45, 2.75) is 16.5 Å². The first-order valence-corrected chi connectivity index (χ1v) is 9.54. The van der Waals surface area contributed by atoms with Gasteiger partial charge in [0.15, 0.2) is 4.34 Å². The number of hydrogen-bond acceptors (Lipinski definition) is 5. The number of thiazole rings is 1. The fourth-order valence-corrected chi connectivity index (χ4v) is 5.03. The number of amides is 2. The molecule has 2 amide bonds. The molecule has 2 heterocycles. The van der Waals surface area contributed by atoms with Crippen LogP contribution in [0.5, 0.6) is 0 Å². The van der Waals surface area contributed by atoms with Crippen LogP contribution >= 0.6 is 23.1 Å². The molecule has 0 saturated carbocycles. The number of carbonyl (C=O) groups is 2. The zero-order valence-corrected chi connectivity index (χ0v) is 15.1. The summed E-state index contributed by atoms with van der Waals surface area (Å²) in [6.07, 6.45) is 0. The average Bonchev–Trinajstić information content (AvgIpc) is 3.02. The molecule has 0 spiro atoms. The van der Waals surface area contributed by atoms with Crippen LogP contribution in [-0.4, -0.2) is 28.6 Å². The van der Waals surface area contributed by atoms with Crippen molar-refractivity contribution in [1.82, 2.24) is 4.98 Å². The van der Waals surface area contributed by atoms with Gasteiger partial charge in [0.2, 0.25) is 11.8 Å². The van der Waals surface area contributed by atoms with Gasteiger partial charge in [-0.05, 0) is 31.2 Å². The van der Waals surface area contributed by atoms with Crippen LogP contribution in [0.25, 0.3) is 10.2 Å². The Morgan fingerprint density at radius 2 is 2.00 bits per heavy atom. The Bertz CT molecular complexity index is 937. The molecule has 0 saturated heterocycles. The van der Waals surface area contributed by atoms with Crippen LogP contribution in [0.15, 0.2) is 52.9 Å². The quantitative estimate of drug-likeness (QED) is 0.714. The summed E-state index contributed by atoms with van der Waals surface area (Å²) in [6, 6.07) is 15.3. The lowest BCUT2D eigenvalue weighted by Gasteiger charge is -2.30. The van der Waals surface area contributed by atoms with Gasteiger partial charge in [-0.25, -0.2) is 4.98 Å². The van der Waals surface area contributed by atoms with Crippen molar-refractivity contribution in [3.8, 4) is 0 Å². The predicted octanol–water partition coefficient (Wildman–Crippen LogP) is 3.76. The van der Waals surface area contributed by atoms with Gasteiger partial charge in [0, 0.05) is 0 Å². The van der Waals surface area contributed by atoms with E-state index in [1.807, 2.05) is 49.4 Å². The monoisotopic (exact) mass is 369 g/mol. The maximum Gasteiger partial charge on any atom is 0.244 e. The number of rotatable bonds is 3. The number of hydrogen-bond donors (Lipinski definition) is 1. The molecule has 25 heavy (non-hydrogen) atoms. The highest BCUT2D eigenvalue weighted by Gasteiger charge is 2.30. The van der Waals surface area contributed by atoms with Gasteiger partial charge in [0.25, 0.3) is 0 Å². The van der Waals surface area contributed by atoms with Gasteiger partial charge in [-0.15, -0.1) is 11.3 Å².